The van der Waals surface area contributed by atoms with Crippen molar-refractivity contribution in [2.24, 2.45) is 0 Å². The first-order valence-corrected chi connectivity index (χ1v) is 3.65. The fraction of sp³-hybridized carbons (Fsp3) is 0.143. The fourth-order valence-electron chi connectivity index (χ4n) is 1.07. The number of rotatable bonds is 1. The molecule has 0 saturated carbocycles. The van der Waals surface area contributed by atoms with E-state index in [1.807, 2.05) is 0 Å². The van der Waals surface area contributed by atoms with Crippen molar-refractivity contribution < 1.29 is 18.9 Å². The Kier molecular flexibility index (Phi) is 1.84. The summed E-state index contributed by atoms with van der Waals surface area (Å²) in [5, 5.41) is 6.92. The maximum atomic E-state index is 11.6. The second kappa shape index (κ2) is 3.02. The van der Waals surface area contributed by atoms with Crippen LogP contribution in [0.5, 0.6) is 0 Å². The number of hydrogen-bond acceptors (Lipinski definition) is 6. The first-order valence-electron chi connectivity index (χ1n) is 3.65. The number of pyridine rings is 1. The first-order chi connectivity index (χ1) is 6.72. The van der Waals surface area contributed by atoms with Crippen LogP contribution in [0.4, 0.5) is 4.53 Å². The van der Waals surface area contributed by atoms with Crippen molar-refractivity contribution in [2.75, 3.05) is 0 Å². The summed E-state index contributed by atoms with van der Waals surface area (Å²) >= 11 is 0. The molecule has 0 amide bonds. The molecule has 0 N–H and O–H groups in total. The standard InChI is InChI=1S/C7H4FN3O3/c1-3-4(7(12)13-8)2-5-6(9-3)11-14-10-5/h2H,1H3. The maximum Gasteiger partial charge on any atom is 0.381 e. The Morgan fingerprint density at radius 3 is 3.07 bits per heavy atom. The van der Waals surface area contributed by atoms with Crippen LogP contribution >= 0.6 is 0 Å². The number of carbonyl (C=O) groups is 1. The molecule has 72 valence electrons. The second-order valence-corrected chi connectivity index (χ2v) is 2.59. The molecular weight excluding hydrogens is 193 g/mol. The van der Waals surface area contributed by atoms with Crippen LogP contribution < -0.4 is 0 Å². The molecule has 6 nitrogen and oxygen atoms in total. The van der Waals surface area contributed by atoms with E-state index in [4.69, 9.17) is 0 Å². The van der Waals surface area contributed by atoms with E-state index in [0.717, 1.165) is 0 Å². The van der Waals surface area contributed by atoms with E-state index in [2.05, 4.69) is 24.9 Å². The minimum atomic E-state index is -1.11. The molecule has 0 aliphatic heterocycles. The molecule has 0 aliphatic rings. The highest BCUT2D eigenvalue weighted by Crippen LogP contribution is 2.13. The SMILES string of the molecule is Cc1nc2nonc2cc1C(=O)OF. The third-order valence-electron chi connectivity index (χ3n) is 1.73. The van der Waals surface area contributed by atoms with Gasteiger partial charge in [-0.05, 0) is 23.3 Å². The summed E-state index contributed by atoms with van der Waals surface area (Å²) in [5.41, 5.74) is 0.834. The summed E-state index contributed by atoms with van der Waals surface area (Å²) in [4.78, 5) is 17.8. The molecule has 0 saturated heterocycles. The average molecular weight is 197 g/mol. The summed E-state index contributed by atoms with van der Waals surface area (Å²) < 4.78 is 16.0. The lowest BCUT2D eigenvalue weighted by molar-refractivity contribution is -0.0788. The zero-order valence-electron chi connectivity index (χ0n) is 7.02. The molecule has 0 atom stereocenters. The molecule has 0 bridgehead atoms. The number of hydrogen-bond donors (Lipinski definition) is 0. The van der Waals surface area contributed by atoms with Gasteiger partial charge in [0.15, 0.2) is 5.52 Å². The second-order valence-electron chi connectivity index (χ2n) is 2.59. The van der Waals surface area contributed by atoms with Gasteiger partial charge in [0.25, 0.3) is 0 Å². The molecule has 2 heterocycles. The summed E-state index contributed by atoms with van der Waals surface area (Å²) in [6, 6.07) is 1.30. The summed E-state index contributed by atoms with van der Waals surface area (Å²) in [7, 11) is 0. The Hall–Kier alpha value is -2.05. The molecule has 0 unspecified atom stereocenters. The van der Waals surface area contributed by atoms with Crippen molar-refractivity contribution in [3.63, 3.8) is 0 Å². The fourth-order valence-corrected chi connectivity index (χ4v) is 1.07. The number of carbonyl (C=O) groups excluding carboxylic acids is 1. The highest BCUT2D eigenvalue weighted by atomic mass is 19.3. The van der Waals surface area contributed by atoms with Crippen LogP contribution in [-0.2, 0) is 4.94 Å². The molecule has 2 aromatic rings. The van der Waals surface area contributed by atoms with Crippen molar-refractivity contribution in [1.29, 1.82) is 0 Å². The Balaban J connectivity index is 2.64. The van der Waals surface area contributed by atoms with Crippen LogP contribution in [0.25, 0.3) is 11.2 Å². The van der Waals surface area contributed by atoms with Gasteiger partial charge in [-0.15, -0.1) is 0 Å². The van der Waals surface area contributed by atoms with Crippen molar-refractivity contribution in [3.05, 3.63) is 17.3 Å². The van der Waals surface area contributed by atoms with E-state index in [1.54, 1.807) is 0 Å². The van der Waals surface area contributed by atoms with Gasteiger partial charge in [0, 0.05) is 4.53 Å². The molecule has 0 fully saturated rings. The van der Waals surface area contributed by atoms with Crippen molar-refractivity contribution in [1.82, 2.24) is 15.3 Å². The van der Waals surface area contributed by atoms with Gasteiger partial charge in [-0.1, -0.05) is 0 Å². The average Bonchev–Trinajstić information content (AvgIpc) is 2.62. The van der Waals surface area contributed by atoms with Crippen LogP contribution in [0.2, 0.25) is 0 Å². The van der Waals surface area contributed by atoms with Crippen LogP contribution in [0.3, 0.4) is 0 Å². The van der Waals surface area contributed by atoms with Gasteiger partial charge in [-0.3, -0.25) is 0 Å². The van der Waals surface area contributed by atoms with Gasteiger partial charge in [-0.2, -0.15) is 0 Å². The predicted molar refractivity (Wildman–Crippen MR) is 40.9 cm³/mol. The molecular formula is C7H4FN3O3. The van der Waals surface area contributed by atoms with E-state index in [1.165, 1.54) is 13.0 Å². The van der Waals surface area contributed by atoms with E-state index < -0.39 is 5.97 Å². The summed E-state index contributed by atoms with van der Waals surface area (Å²) in [6.45, 7) is 1.53. The summed E-state index contributed by atoms with van der Waals surface area (Å²) in [6.07, 6.45) is 0. The molecule has 0 radical (unpaired) electrons. The van der Waals surface area contributed by atoms with Crippen molar-refractivity contribution in [3.8, 4) is 0 Å². The zero-order valence-corrected chi connectivity index (χ0v) is 7.02. The lowest BCUT2D eigenvalue weighted by Crippen LogP contribution is -2.03. The van der Waals surface area contributed by atoms with Crippen LogP contribution in [-0.4, -0.2) is 21.3 Å². The smallest absolute Gasteiger partial charge is 0.249 e. The van der Waals surface area contributed by atoms with E-state index in [9.17, 15) is 9.32 Å². The van der Waals surface area contributed by atoms with E-state index in [-0.39, 0.29) is 16.7 Å². The Labute approximate surface area is 76.5 Å². The van der Waals surface area contributed by atoms with Gasteiger partial charge >= 0.3 is 5.97 Å². The van der Waals surface area contributed by atoms with Crippen LogP contribution in [0, 0.1) is 6.92 Å². The normalized spacial score (nSPS) is 10.4. The van der Waals surface area contributed by atoms with Crippen LogP contribution in [0.1, 0.15) is 16.1 Å². The van der Waals surface area contributed by atoms with Gasteiger partial charge in [0.05, 0.1) is 11.3 Å². The third kappa shape index (κ3) is 1.18. The van der Waals surface area contributed by atoms with Crippen molar-refractivity contribution in [2.45, 2.75) is 6.92 Å². The zero-order chi connectivity index (χ0) is 10.1. The minimum Gasteiger partial charge on any atom is -0.249 e. The Morgan fingerprint density at radius 1 is 1.57 bits per heavy atom. The quantitative estimate of drug-likeness (QED) is 0.677. The number of aryl methyl sites for hydroxylation is 1. The molecule has 2 aromatic heterocycles. The molecule has 2 rings (SSSR count). The van der Waals surface area contributed by atoms with Gasteiger partial charge in [0.1, 0.15) is 0 Å². The highest BCUT2D eigenvalue weighted by Gasteiger charge is 2.15. The maximum absolute atomic E-state index is 11.6. The van der Waals surface area contributed by atoms with Gasteiger partial charge < -0.3 is 0 Å². The topological polar surface area (TPSA) is 78.1 Å². The molecule has 0 spiro atoms. The molecule has 7 heteroatoms. The minimum absolute atomic E-state index is 0.00398. The third-order valence-corrected chi connectivity index (χ3v) is 1.73. The highest BCUT2D eigenvalue weighted by molar-refractivity contribution is 5.93. The number of halogens is 1. The number of fused-ring (bicyclic) bond motifs is 1. The molecule has 0 aromatic carbocycles. The Morgan fingerprint density at radius 2 is 2.36 bits per heavy atom. The monoisotopic (exact) mass is 197 g/mol. The Bertz CT molecular complexity index is 496. The van der Waals surface area contributed by atoms with E-state index >= 15 is 0 Å². The predicted octanol–water partition coefficient (Wildman–Crippen LogP) is 0.968. The van der Waals surface area contributed by atoms with Gasteiger partial charge in [0.2, 0.25) is 5.65 Å². The lowest BCUT2D eigenvalue weighted by Gasteiger charge is -1.97. The summed E-state index contributed by atoms with van der Waals surface area (Å²) in [5.74, 6) is -1.11. The number of nitrogens with zero attached hydrogens (tertiary/aromatic N) is 3. The first kappa shape index (κ1) is 8.54. The van der Waals surface area contributed by atoms with Gasteiger partial charge in [-0.25, -0.2) is 19.3 Å². The number of aromatic nitrogens is 3. The van der Waals surface area contributed by atoms with Crippen molar-refractivity contribution >= 4 is 17.1 Å². The van der Waals surface area contributed by atoms with Crippen LogP contribution in [0.15, 0.2) is 10.7 Å². The molecule has 0 aliphatic carbocycles. The van der Waals surface area contributed by atoms with E-state index in [0.29, 0.717) is 5.69 Å². The largest absolute Gasteiger partial charge is 0.381 e. The molecule has 14 heavy (non-hydrogen) atoms. The lowest BCUT2D eigenvalue weighted by atomic mass is 10.2.